The van der Waals surface area contributed by atoms with Crippen LogP contribution in [0.15, 0.2) is 48.5 Å². The number of anilines is 1. The molecule has 0 aliphatic carbocycles. The van der Waals surface area contributed by atoms with Crippen molar-refractivity contribution in [3.63, 3.8) is 0 Å². The quantitative estimate of drug-likeness (QED) is 0.873. The van der Waals surface area contributed by atoms with Gasteiger partial charge in [0, 0.05) is 24.7 Å². The zero-order valence-corrected chi connectivity index (χ0v) is 15.3. The lowest BCUT2D eigenvalue weighted by Crippen LogP contribution is -2.41. The number of hydrogen-bond donors (Lipinski definition) is 1. The molecule has 142 valence electrons. The molecule has 2 aromatic rings. The number of nitrogens with zero attached hydrogens (tertiary/aromatic N) is 1. The van der Waals surface area contributed by atoms with Crippen LogP contribution in [0.5, 0.6) is 5.75 Å². The highest BCUT2D eigenvalue weighted by atomic mass is 19.1. The number of carbonyl (C=O) groups excluding carboxylic acids is 2. The van der Waals surface area contributed by atoms with E-state index in [9.17, 15) is 14.0 Å². The van der Waals surface area contributed by atoms with Gasteiger partial charge in [0.1, 0.15) is 11.6 Å². The summed E-state index contributed by atoms with van der Waals surface area (Å²) in [7, 11) is 0. The lowest BCUT2D eigenvalue weighted by molar-refractivity contribution is -0.121. The van der Waals surface area contributed by atoms with Crippen LogP contribution >= 0.6 is 0 Å². The van der Waals surface area contributed by atoms with E-state index in [0.29, 0.717) is 38.2 Å². The molecule has 0 radical (unpaired) electrons. The molecule has 1 saturated heterocycles. The SMILES string of the molecule is CCOc1ccc(NC(=O)C2CCN(C(=O)c3ccccc3F)CC2)cc1. The smallest absolute Gasteiger partial charge is 0.256 e. The topological polar surface area (TPSA) is 58.6 Å². The molecule has 0 atom stereocenters. The van der Waals surface area contributed by atoms with Crippen LogP contribution in [0.25, 0.3) is 0 Å². The van der Waals surface area contributed by atoms with E-state index in [-0.39, 0.29) is 23.3 Å². The molecule has 0 unspecified atom stereocenters. The van der Waals surface area contributed by atoms with Crippen LogP contribution in [0.1, 0.15) is 30.1 Å². The molecule has 3 rings (SSSR count). The number of piperidine rings is 1. The van der Waals surface area contributed by atoms with Gasteiger partial charge in [-0.3, -0.25) is 9.59 Å². The monoisotopic (exact) mass is 370 g/mol. The third-order valence-electron chi connectivity index (χ3n) is 4.69. The summed E-state index contributed by atoms with van der Waals surface area (Å²) in [5, 5.41) is 2.91. The van der Waals surface area contributed by atoms with Gasteiger partial charge in [-0.1, -0.05) is 12.1 Å². The zero-order chi connectivity index (χ0) is 19.2. The number of halogens is 1. The van der Waals surface area contributed by atoms with E-state index in [1.165, 1.54) is 12.1 Å². The first-order valence-electron chi connectivity index (χ1n) is 9.16. The molecule has 0 bridgehead atoms. The Morgan fingerprint density at radius 3 is 2.41 bits per heavy atom. The Bertz CT molecular complexity index is 799. The molecule has 2 amide bonds. The number of likely N-dealkylation sites (tertiary alicyclic amines) is 1. The third kappa shape index (κ3) is 4.64. The summed E-state index contributed by atoms with van der Waals surface area (Å²) >= 11 is 0. The molecular weight excluding hydrogens is 347 g/mol. The molecule has 1 aliphatic heterocycles. The minimum absolute atomic E-state index is 0.0582. The Balaban J connectivity index is 1.53. The number of rotatable bonds is 5. The molecule has 1 N–H and O–H groups in total. The standard InChI is InChI=1S/C21H23FN2O3/c1-2-27-17-9-7-16(8-10-17)23-20(25)15-11-13-24(14-12-15)21(26)18-5-3-4-6-19(18)22/h3-10,15H,2,11-14H2,1H3,(H,23,25). The van der Waals surface area contributed by atoms with Crippen LogP contribution in [-0.4, -0.2) is 36.4 Å². The average molecular weight is 370 g/mol. The second-order valence-electron chi connectivity index (χ2n) is 6.49. The second kappa shape index (κ2) is 8.66. The highest BCUT2D eigenvalue weighted by molar-refractivity contribution is 5.95. The highest BCUT2D eigenvalue weighted by Gasteiger charge is 2.28. The lowest BCUT2D eigenvalue weighted by atomic mass is 9.95. The maximum Gasteiger partial charge on any atom is 0.256 e. The van der Waals surface area contributed by atoms with Gasteiger partial charge >= 0.3 is 0 Å². The molecule has 27 heavy (non-hydrogen) atoms. The normalized spacial score (nSPS) is 14.7. The van der Waals surface area contributed by atoms with Gasteiger partial charge in [0.2, 0.25) is 5.91 Å². The summed E-state index contributed by atoms with van der Waals surface area (Å²) in [6.07, 6.45) is 1.12. The average Bonchev–Trinajstić information content (AvgIpc) is 2.70. The van der Waals surface area contributed by atoms with Crippen LogP contribution in [0.3, 0.4) is 0 Å². The van der Waals surface area contributed by atoms with Gasteiger partial charge < -0.3 is 15.0 Å². The van der Waals surface area contributed by atoms with Crippen molar-refractivity contribution in [2.75, 3.05) is 25.0 Å². The first-order chi connectivity index (χ1) is 13.1. The zero-order valence-electron chi connectivity index (χ0n) is 15.3. The molecule has 0 spiro atoms. The van der Waals surface area contributed by atoms with E-state index in [1.54, 1.807) is 29.2 Å². The maximum absolute atomic E-state index is 13.8. The number of benzene rings is 2. The Kier molecular flexibility index (Phi) is 6.06. The van der Waals surface area contributed by atoms with E-state index >= 15 is 0 Å². The molecule has 1 fully saturated rings. The van der Waals surface area contributed by atoms with E-state index < -0.39 is 5.82 Å². The summed E-state index contributed by atoms with van der Waals surface area (Å²) in [6, 6.07) is 13.2. The molecule has 6 heteroatoms. The van der Waals surface area contributed by atoms with Crippen LogP contribution in [0, 0.1) is 11.7 Å². The van der Waals surface area contributed by atoms with Gasteiger partial charge in [0.15, 0.2) is 0 Å². The number of amides is 2. The summed E-state index contributed by atoms with van der Waals surface area (Å²) in [4.78, 5) is 26.5. The maximum atomic E-state index is 13.8. The fourth-order valence-corrected chi connectivity index (χ4v) is 3.20. The lowest BCUT2D eigenvalue weighted by Gasteiger charge is -2.31. The largest absolute Gasteiger partial charge is 0.494 e. The van der Waals surface area contributed by atoms with Crippen molar-refractivity contribution in [1.29, 1.82) is 0 Å². The highest BCUT2D eigenvalue weighted by Crippen LogP contribution is 2.22. The van der Waals surface area contributed by atoms with Gasteiger partial charge in [-0.05, 0) is 56.2 Å². The van der Waals surface area contributed by atoms with Crippen molar-refractivity contribution in [2.24, 2.45) is 5.92 Å². The van der Waals surface area contributed by atoms with Crippen molar-refractivity contribution in [3.05, 3.63) is 59.9 Å². The predicted molar refractivity (Wildman–Crippen MR) is 101 cm³/mol. The minimum atomic E-state index is -0.516. The molecule has 1 aliphatic rings. The number of hydrogen-bond acceptors (Lipinski definition) is 3. The van der Waals surface area contributed by atoms with E-state index in [1.807, 2.05) is 19.1 Å². The van der Waals surface area contributed by atoms with Gasteiger partial charge in [0.25, 0.3) is 5.91 Å². The van der Waals surface area contributed by atoms with Crippen LogP contribution < -0.4 is 10.1 Å². The molecule has 1 heterocycles. The van der Waals surface area contributed by atoms with Gasteiger partial charge in [-0.15, -0.1) is 0 Å². The van der Waals surface area contributed by atoms with Crippen molar-refractivity contribution in [3.8, 4) is 5.75 Å². The second-order valence-corrected chi connectivity index (χ2v) is 6.49. The summed E-state index contributed by atoms with van der Waals surface area (Å²) in [5.41, 5.74) is 0.795. The first kappa shape index (κ1) is 18.9. The van der Waals surface area contributed by atoms with Crippen molar-refractivity contribution >= 4 is 17.5 Å². The number of ether oxygens (including phenoxy) is 1. The van der Waals surface area contributed by atoms with Crippen molar-refractivity contribution in [1.82, 2.24) is 4.90 Å². The Hall–Kier alpha value is -2.89. The number of carbonyl (C=O) groups is 2. The molecule has 5 nitrogen and oxygen atoms in total. The fourth-order valence-electron chi connectivity index (χ4n) is 3.20. The fraction of sp³-hybridized carbons (Fsp3) is 0.333. The van der Waals surface area contributed by atoms with Gasteiger partial charge in [-0.2, -0.15) is 0 Å². The predicted octanol–water partition coefficient (Wildman–Crippen LogP) is 3.72. The van der Waals surface area contributed by atoms with Crippen molar-refractivity contribution < 1.29 is 18.7 Å². The van der Waals surface area contributed by atoms with Crippen LogP contribution in [-0.2, 0) is 4.79 Å². The minimum Gasteiger partial charge on any atom is -0.494 e. The Morgan fingerprint density at radius 1 is 1.11 bits per heavy atom. The van der Waals surface area contributed by atoms with Gasteiger partial charge in [-0.25, -0.2) is 4.39 Å². The van der Waals surface area contributed by atoms with E-state index in [0.717, 1.165) is 5.75 Å². The Morgan fingerprint density at radius 2 is 1.78 bits per heavy atom. The van der Waals surface area contributed by atoms with Gasteiger partial charge in [0.05, 0.1) is 12.2 Å². The van der Waals surface area contributed by atoms with Crippen LogP contribution in [0.4, 0.5) is 10.1 Å². The van der Waals surface area contributed by atoms with E-state index in [2.05, 4.69) is 5.32 Å². The first-order valence-corrected chi connectivity index (χ1v) is 9.16. The summed E-state index contributed by atoms with van der Waals surface area (Å²) < 4.78 is 19.2. The molecule has 2 aromatic carbocycles. The summed E-state index contributed by atoms with van der Waals surface area (Å²) in [5.74, 6) is -0.301. The molecule has 0 aromatic heterocycles. The van der Waals surface area contributed by atoms with E-state index in [4.69, 9.17) is 4.74 Å². The number of nitrogens with one attached hydrogen (secondary N) is 1. The summed E-state index contributed by atoms with van der Waals surface area (Å²) in [6.45, 7) is 3.39. The Labute approximate surface area is 158 Å². The van der Waals surface area contributed by atoms with Crippen LogP contribution in [0.2, 0.25) is 0 Å². The molecule has 0 saturated carbocycles. The van der Waals surface area contributed by atoms with Crippen molar-refractivity contribution in [2.45, 2.75) is 19.8 Å². The molecular formula is C21H23FN2O3. The third-order valence-corrected chi connectivity index (χ3v) is 4.69.